The molecule has 1 aromatic rings. The maximum atomic E-state index is 3.64. The molecule has 0 saturated carbocycles. The van der Waals surface area contributed by atoms with Crippen LogP contribution >= 0.6 is 11.3 Å². The smallest absolute Gasteiger partial charge is 0.0305 e. The molecule has 1 N–H and O–H groups in total. The predicted molar refractivity (Wildman–Crippen MR) is 62.6 cm³/mol. The van der Waals surface area contributed by atoms with Crippen LogP contribution < -0.4 is 5.32 Å². The molecule has 0 aliphatic heterocycles. The Bertz CT molecular complexity index is 289. The van der Waals surface area contributed by atoms with Crippen molar-refractivity contribution < 1.29 is 0 Å². The van der Waals surface area contributed by atoms with Gasteiger partial charge in [0.2, 0.25) is 0 Å². The van der Waals surface area contributed by atoms with Gasteiger partial charge in [0, 0.05) is 12.1 Å². The summed E-state index contributed by atoms with van der Waals surface area (Å²) in [5.74, 6) is 0. The number of thiophene rings is 1. The minimum absolute atomic E-state index is 0.481. The molecule has 1 nitrogen and oxygen atoms in total. The van der Waals surface area contributed by atoms with Gasteiger partial charge in [0.15, 0.2) is 0 Å². The van der Waals surface area contributed by atoms with Gasteiger partial charge in [-0.3, -0.25) is 0 Å². The van der Waals surface area contributed by atoms with E-state index >= 15 is 0 Å². The molecule has 2 rings (SSSR count). The molecule has 2 unspecified atom stereocenters. The molecule has 0 spiro atoms. The van der Waals surface area contributed by atoms with Crippen LogP contribution in [0.4, 0.5) is 0 Å². The summed E-state index contributed by atoms with van der Waals surface area (Å²) in [7, 11) is 0. The minimum Gasteiger partial charge on any atom is -0.304 e. The first kappa shape index (κ1) is 9.94. The first-order valence-corrected chi connectivity index (χ1v) is 6.25. The second-order valence-corrected chi connectivity index (χ2v) is 4.69. The average Bonchev–Trinajstić information content (AvgIpc) is 2.72. The molecule has 14 heavy (non-hydrogen) atoms. The molecule has 0 radical (unpaired) electrons. The summed E-state index contributed by atoms with van der Waals surface area (Å²) >= 11 is 1.77. The summed E-state index contributed by atoms with van der Waals surface area (Å²) in [5.41, 5.74) is 1.41. The largest absolute Gasteiger partial charge is 0.304 e. The Balaban J connectivity index is 1.91. The third-order valence-electron chi connectivity index (χ3n) is 2.76. The predicted octanol–water partition coefficient (Wildman–Crippen LogP) is 3.51. The maximum absolute atomic E-state index is 3.64. The molecule has 1 aliphatic rings. The van der Waals surface area contributed by atoms with Crippen molar-refractivity contribution in [2.75, 3.05) is 0 Å². The number of hydrogen-bond acceptors (Lipinski definition) is 2. The Morgan fingerprint density at radius 2 is 2.50 bits per heavy atom. The van der Waals surface area contributed by atoms with Crippen LogP contribution in [0.5, 0.6) is 0 Å². The van der Waals surface area contributed by atoms with Crippen molar-refractivity contribution in [3.63, 3.8) is 0 Å². The average molecular weight is 207 g/mol. The zero-order valence-corrected chi connectivity index (χ0v) is 9.39. The zero-order valence-electron chi connectivity index (χ0n) is 8.57. The standard InChI is InChI=1S/C12H17NS/c1-10(11-7-8-14-9-11)13-12-5-3-2-4-6-12/h3,5,7-10,12-13H,2,4,6H2,1H3. The molecule has 0 saturated heterocycles. The van der Waals surface area contributed by atoms with Crippen molar-refractivity contribution in [1.29, 1.82) is 0 Å². The van der Waals surface area contributed by atoms with Crippen LogP contribution in [-0.2, 0) is 0 Å². The SMILES string of the molecule is CC(NC1C=CCCC1)c1ccsc1. The fraction of sp³-hybridized carbons (Fsp3) is 0.500. The van der Waals surface area contributed by atoms with Gasteiger partial charge in [0.25, 0.3) is 0 Å². The molecule has 1 aliphatic carbocycles. The lowest BCUT2D eigenvalue weighted by Crippen LogP contribution is -2.30. The first-order valence-electron chi connectivity index (χ1n) is 5.31. The van der Waals surface area contributed by atoms with Crippen LogP contribution in [0, 0.1) is 0 Å². The number of rotatable bonds is 3. The van der Waals surface area contributed by atoms with E-state index in [2.05, 4.69) is 41.2 Å². The van der Waals surface area contributed by atoms with E-state index in [1.165, 1.54) is 24.8 Å². The van der Waals surface area contributed by atoms with Crippen LogP contribution in [0.1, 0.15) is 37.8 Å². The summed E-state index contributed by atoms with van der Waals surface area (Å²) in [6.45, 7) is 2.24. The lowest BCUT2D eigenvalue weighted by atomic mass is 10.0. The third-order valence-corrected chi connectivity index (χ3v) is 3.46. The normalized spacial score (nSPS) is 23.6. The highest BCUT2D eigenvalue weighted by molar-refractivity contribution is 7.07. The summed E-state index contributed by atoms with van der Waals surface area (Å²) in [4.78, 5) is 0. The Morgan fingerprint density at radius 1 is 1.57 bits per heavy atom. The summed E-state index contributed by atoms with van der Waals surface area (Å²) in [6.07, 6.45) is 8.47. The maximum Gasteiger partial charge on any atom is 0.0305 e. The van der Waals surface area contributed by atoms with E-state index in [0.29, 0.717) is 12.1 Å². The van der Waals surface area contributed by atoms with E-state index in [1.807, 2.05) is 0 Å². The van der Waals surface area contributed by atoms with E-state index in [9.17, 15) is 0 Å². The van der Waals surface area contributed by atoms with Gasteiger partial charge in [-0.25, -0.2) is 0 Å². The van der Waals surface area contributed by atoms with Gasteiger partial charge in [-0.05, 0) is 48.6 Å². The Morgan fingerprint density at radius 3 is 3.14 bits per heavy atom. The van der Waals surface area contributed by atoms with Crippen LogP contribution in [0.15, 0.2) is 29.0 Å². The molecule has 1 aromatic heterocycles. The van der Waals surface area contributed by atoms with E-state index in [4.69, 9.17) is 0 Å². The second-order valence-electron chi connectivity index (χ2n) is 3.91. The molecule has 0 bridgehead atoms. The highest BCUT2D eigenvalue weighted by Gasteiger charge is 2.12. The lowest BCUT2D eigenvalue weighted by Gasteiger charge is -2.22. The van der Waals surface area contributed by atoms with Gasteiger partial charge in [0.05, 0.1) is 0 Å². The highest BCUT2D eigenvalue weighted by Crippen LogP contribution is 2.19. The Labute approximate surface area is 89.8 Å². The van der Waals surface area contributed by atoms with E-state index in [0.717, 1.165) is 0 Å². The number of allylic oxidation sites excluding steroid dienone is 1. The summed E-state index contributed by atoms with van der Waals surface area (Å²) in [6, 6.07) is 3.27. The topological polar surface area (TPSA) is 12.0 Å². The van der Waals surface area contributed by atoms with Crippen molar-refractivity contribution >= 4 is 11.3 Å². The molecule has 0 fully saturated rings. The fourth-order valence-corrected chi connectivity index (χ4v) is 2.64. The van der Waals surface area contributed by atoms with Crippen molar-refractivity contribution in [3.8, 4) is 0 Å². The molecule has 76 valence electrons. The van der Waals surface area contributed by atoms with Gasteiger partial charge in [0.1, 0.15) is 0 Å². The zero-order chi connectivity index (χ0) is 9.80. The van der Waals surface area contributed by atoms with Crippen molar-refractivity contribution in [1.82, 2.24) is 5.32 Å². The van der Waals surface area contributed by atoms with Crippen molar-refractivity contribution in [2.45, 2.75) is 38.3 Å². The number of hydrogen-bond donors (Lipinski definition) is 1. The van der Waals surface area contributed by atoms with E-state index < -0.39 is 0 Å². The molecule has 0 aromatic carbocycles. The quantitative estimate of drug-likeness (QED) is 0.748. The van der Waals surface area contributed by atoms with E-state index in [1.54, 1.807) is 11.3 Å². The fourth-order valence-electron chi connectivity index (χ4n) is 1.89. The van der Waals surface area contributed by atoms with Crippen LogP contribution in [0.25, 0.3) is 0 Å². The summed E-state index contributed by atoms with van der Waals surface area (Å²) in [5, 5.41) is 8.01. The van der Waals surface area contributed by atoms with Gasteiger partial charge in [-0.15, -0.1) is 0 Å². The number of nitrogens with one attached hydrogen (secondary N) is 1. The minimum atomic E-state index is 0.481. The van der Waals surface area contributed by atoms with Crippen LogP contribution in [0.3, 0.4) is 0 Å². The van der Waals surface area contributed by atoms with Gasteiger partial charge < -0.3 is 5.32 Å². The summed E-state index contributed by atoms with van der Waals surface area (Å²) < 4.78 is 0. The van der Waals surface area contributed by atoms with Crippen LogP contribution in [-0.4, -0.2) is 6.04 Å². The monoisotopic (exact) mass is 207 g/mol. The molecular formula is C12H17NS. The van der Waals surface area contributed by atoms with Gasteiger partial charge in [-0.1, -0.05) is 12.2 Å². The molecule has 2 heteroatoms. The molecular weight excluding hydrogens is 190 g/mol. The van der Waals surface area contributed by atoms with Crippen molar-refractivity contribution in [2.24, 2.45) is 0 Å². The van der Waals surface area contributed by atoms with Gasteiger partial charge in [-0.2, -0.15) is 11.3 Å². The Kier molecular flexibility index (Phi) is 3.38. The second kappa shape index (κ2) is 4.76. The molecule has 0 amide bonds. The van der Waals surface area contributed by atoms with Crippen molar-refractivity contribution in [3.05, 3.63) is 34.5 Å². The van der Waals surface area contributed by atoms with E-state index in [-0.39, 0.29) is 0 Å². The molecule has 1 heterocycles. The molecule has 2 atom stereocenters. The first-order chi connectivity index (χ1) is 6.86. The van der Waals surface area contributed by atoms with Crippen LogP contribution in [0.2, 0.25) is 0 Å². The Hall–Kier alpha value is -0.600. The highest BCUT2D eigenvalue weighted by atomic mass is 32.1. The van der Waals surface area contributed by atoms with Gasteiger partial charge >= 0.3 is 0 Å². The lowest BCUT2D eigenvalue weighted by molar-refractivity contribution is 0.468. The third kappa shape index (κ3) is 2.46.